The second-order valence-corrected chi connectivity index (χ2v) is 5.25. The molecule has 3 rings (SSSR count). The van der Waals surface area contributed by atoms with Crippen molar-refractivity contribution in [3.63, 3.8) is 0 Å². The van der Waals surface area contributed by atoms with Crippen molar-refractivity contribution >= 4 is 11.4 Å². The molecule has 1 aliphatic rings. The molecule has 0 aliphatic carbocycles. The number of nitrogens with zero attached hydrogens (tertiary/aromatic N) is 1. The lowest BCUT2D eigenvalue weighted by Crippen LogP contribution is -2.34. The maximum atomic E-state index is 6.09. The molecule has 1 aliphatic heterocycles. The Balaban J connectivity index is 1.81. The maximum Gasteiger partial charge on any atom is 0.0600 e. The molecule has 1 fully saturated rings. The summed E-state index contributed by atoms with van der Waals surface area (Å²) in [7, 11) is 0. The molecule has 0 unspecified atom stereocenters. The van der Waals surface area contributed by atoms with E-state index in [2.05, 4.69) is 47.4 Å². The summed E-state index contributed by atoms with van der Waals surface area (Å²) < 4.78 is 0. The normalized spacial score (nSPS) is 19.4. The highest BCUT2D eigenvalue weighted by Gasteiger charge is 2.22. The first kappa shape index (κ1) is 12.1. The summed E-state index contributed by atoms with van der Waals surface area (Å²) in [6.45, 7) is 2.18. The van der Waals surface area contributed by atoms with Crippen molar-refractivity contribution in [2.75, 3.05) is 23.7 Å². The van der Waals surface area contributed by atoms with E-state index in [1.165, 1.54) is 24.1 Å². The summed E-state index contributed by atoms with van der Waals surface area (Å²) in [4.78, 5) is 2.43. The van der Waals surface area contributed by atoms with Gasteiger partial charge in [0.15, 0.2) is 0 Å². The number of hydrogen-bond donors (Lipinski definition) is 1. The maximum absolute atomic E-state index is 6.09. The highest BCUT2D eigenvalue weighted by atomic mass is 15.1. The zero-order chi connectivity index (χ0) is 13.1. The zero-order valence-electron chi connectivity index (χ0n) is 11.1. The minimum absolute atomic E-state index is 0.620. The van der Waals surface area contributed by atoms with Crippen LogP contribution < -0.4 is 10.6 Å². The van der Waals surface area contributed by atoms with Crippen LogP contribution in [0.3, 0.4) is 0 Å². The van der Waals surface area contributed by atoms with E-state index in [9.17, 15) is 0 Å². The van der Waals surface area contributed by atoms with Gasteiger partial charge in [-0.3, -0.25) is 0 Å². The summed E-state index contributed by atoms with van der Waals surface area (Å²) in [6.07, 6.45) is 2.50. The lowest BCUT2D eigenvalue weighted by molar-refractivity contribution is 0.510. The van der Waals surface area contributed by atoms with Gasteiger partial charge in [0.05, 0.1) is 11.4 Å². The van der Waals surface area contributed by atoms with Gasteiger partial charge < -0.3 is 10.6 Å². The Bertz CT molecular complexity index is 536. The van der Waals surface area contributed by atoms with Gasteiger partial charge in [0, 0.05) is 19.0 Å². The van der Waals surface area contributed by atoms with Crippen LogP contribution in [-0.2, 0) is 0 Å². The number of para-hydroxylation sites is 2. The van der Waals surface area contributed by atoms with Gasteiger partial charge in [-0.25, -0.2) is 0 Å². The van der Waals surface area contributed by atoms with Crippen LogP contribution in [0.15, 0.2) is 54.6 Å². The minimum atomic E-state index is 0.620. The van der Waals surface area contributed by atoms with Crippen LogP contribution in [0.1, 0.15) is 24.3 Å². The predicted octanol–water partition coefficient (Wildman–Crippen LogP) is 3.65. The van der Waals surface area contributed by atoms with Crippen molar-refractivity contribution in [2.45, 2.75) is 18.8 Å². The Hall–Kier alpha value is -1.96. The molecule has 0 bridgehead atoms. The summed E-state index contributed by atoms with van der Waals surface area (Å²) >= 11 is 0. The first-order valence-corrected chi connectivity index (χ1v) is 6.99. The van der Waals surface area contributed by atoms with Crippen LogP contribution in [-0.4, -0.2) is 13.1 Å². The summed E-state index contributed by atoms with van der Waals surface area (Å²) in [5.41, 5.74) is 9.61. The number of nitrogens with two attached hydrogens (primary N) is 1. The molecule has 1 saturated heterocycles. The fraction of sp³-hybridized carbons (Fsp3) is 0.294. The molecule has 0 amide bonds. The van der Waals surface area contributed by atoms with E-state index in [1.807, 2.05) is 12.1 Å². The fourth-order valence-electron chi connectivity index (χ4n) is 2.97. The Kier molecular flexibility index (Phi) is 3.41. The quantitative estimate of drug-likeness (QED) is 0.827. The monoisotopic (exact) mass is 252 g/mol. The molecule has 0 saturated carbocycles. The van der Waals surface area contributed by atoms with Crippen LogP contribution in [0.2, 0.25) is 0 Å². The van der Waals surface area contributed by atoms with E-state index in [-0.39, 0.29) is 0 Å². The van der Waals surface area contributed by atoms with Crippen molar-refractivity contribution in [2.24, 2.45) is 0 Å². The summed E-state index contributed by atoms with van der Waals surface area (Å²) in [5.74, 6) is 0.620. The second kappa shape index (κ2) is 5.35. The number of piperidine rings is 1. The molecule has 2 heteroatoms. The van der Waals surface area contributed by atoms with Gasteiger partial charge in [0.1, 0.15) is 0 Å². The number of rotatable bonds is 2. The van der Waals surface area contributed by atoms with Crippen LogP contribution in [0.4, 0.5) is 11.4 Å². The lowest BCUT2D eigenvalue weighted by atomic mass is 9.90. The largest absolute Gasteiger partial charge is 0.397 e. The third kappa shape index (κ3) is 2.58. The molecule has 19 heavy (non-hydrogen) atoms. The molecule has 2 N–H and O–H groups in total. The van der Waals surface area contributed by atoms with E-state index in [0.29, 0.717) is 5.92 Å². The van der Waals surface area contributed by atoms with Crippen LogP contribution >= 0.6 is 0 Å². The molecule has 1 atom stereocenters. The summed E-state index contributed by atoms with van der Waals surface area (Å²) in [5, 5.41) is 0. The van der Waals surface area contributed by atoms with E-state index >= 15 is 0 Å². The lowest BCUT2D eigenvalue weighted by Gasteiger charge is -2.35. The molecular formula is C17H20N2. The SMILES string of the molecule is Nc1ccccc1N1CCC[C@@H](c2ccccc2)C1. The van der Waals surface area contributed by atoms with E-state index in [0.717, 1.165) is 18.8 Å². The fourth-order valence-corrected chi connectivity index (χ4v) is 2.97. The van der Waals surface area contributed by atoms with Crippen molar-refractivity contribution < 1.29 is 0 Å². The molecule has 0 spiro atoms. The van der Waals surface area contributed by atoms with Gasteiger partial charge in [0.25, 0.3) is 0 Å². The topological polar surface area (TPSA) is 29.3 Å². The molecule has 2 aromatic rings. The van der Waals surface area contributed by atoms with Crippen molar-refractivity contribution in [1.82, 2.24) is 0 Å². The summed E-state index contributed by atoms with van der Waals surface area (Å²) in [6, 6.07) is 19.0. The molecule has 0 radical (unpaired) electrons. The van der Waals surface area contributed by atoms with Crippen LogP contribution in [0.5, 0.6) is 0 Å². The number of anilines is 2. The average Bonchev–Trinajstić information content (AvgIpc) is 2.49. The van der Waals surface area contributed by atoms with Crippen LogP contribution in [0.25, 0.3) is 0 Å². The minimum Gasteiger partial charge on any atom is -0.397 e. The third-order valence-electron chi connectivity index (χ3n) is 3.97. The predicted molar refractivity (Wildman–Crippen MR) is 81.5 cm³/mol. The second-order valence-electron chi connectivity index (χ2n) is 5.25. The average molecular weight is 252 g/mol. The van der Waals surface area contributed by atoms with Gasteiger partial charge in [0.2, 0.25) is 0 Å². The van der Waals surface area contributed by atoms with Gasteiger partial charge in [-0.05, 0) is 30.5 Å². The highest BCUT2D eigenvalue weighted by molar-refractivity contribution is 5.67. The Morgan fingerprint density at radius 2 is 1.68 bits per heavy atom. The van der Waals surface area contributed by atoms with E-state index < -0.39 is 0 Å². The van der Waals surface area contributed by atoms with Crippen LogP contribution in [0, 0.1) is 0 Å². The van der Waals surface area contributed by atoms with Gasteiger partial charge in [-0.15, -0.1) is 0 Å². The Morgan fingerprint density at radius 1 is 0.947 bits per heavy atom. The van der Waals surface area contributed by atoms with Crippen molar-refractivity contribution in [3.05, 3.63) is 60.2 Å². The molecule has 1 heterocycles. The molecule has 2 aromatic carbocycles. The van der Waals surface area contributed by atoms with Crippen molar-refractivity contribution in [3.8, 4) is 0 Å². The van der Waals surface area contributed by atoms with E-state index in [1.54, 1.807) is 0 Å². The standard InChI is InChI=1S/C17H20N2/c18-16-10-4-5-11-17(16)19-12-6-9-15(13-19)14-7-2-1-3-8-14/h1-5,7-8,10-11,15H,6,9,12-13,18H2/t15-/m1/s1. The smallest absolute Gasteiger partial charge is 0.0600 e. The molecule has 0 aromatic heterocycles. The Labute approximate surface area is 114 Å². The Morgan fingerprint density at radius 3 is 2.47 bits per heavy atom. The third-order valence-corrected chi connectivity index (χ3v) is 3.97. The molecule has 98 valence electrons. The number of nitrogen functional groups attached to an aromatic ring is 1. The first-order chi connectivity index (χ1) is 9.34. The van der Waals surface area contributed by atoms with Gasteiger partial charge >= 0.3 is 0 Å². The van der Waals surface area contributed by atoms with E-state index in [4.69, 9.17) is 5.73 Å². The molecule has 2 nitrogen and oxygen atoms in total. The van der Waals surface area contributed by atoms with Gasteiger partial charge in [-0.1, -0.05) is 42.5 Å². The first-order valence-electron chi connectivity index (χ1n) is 6.99. The number of hydrogen-bond acceptors (Lipinski definition) is 2. The number of benzene rings is 2. The van der Waals surface area contributed by atoms with Crippen molar-refractivity contribution in [1.29, 1.82) is 0 Å². The molecular weight excluding hydrogens is 232 g/mol. The highest BCUT2D eigenvalue weighted by Crippen LogP contribution is 2.32. The van der Waals surface area contributed by atoms with Gasteiger partial charge in [-0.2, -0.15) is 0 Å². The zero-order valence-corrected chi connectivity index (χ0v) is 11.1.